The van der Waals surface area contributed by atoms with Gasteiger partial charge in [0.2, 0.25) is 5.79 Å². The standard InChI is InChI=1S/C8H12O3/c1-4-8(10-3)6(2)5-7(9)11-8/h5H,4H2,1-3H3. The molecule has 1 aliphatic heterocycles. The zero-order valence-electron chi connectivity index (χ0n) is 7.01. The second-order valence-electron chi connectivity index (χ2n) is 2.56. The Bertz CT molecular complexity index is 201. The normalized spacial score (nSPS) is 30.1. The Balaban J connectivity index is 2.88. The molecule has 1 atom stereocenters. The van der Waals surface area contributed by atoms with Crippen LogP contribution in [-0.2, 0) is 14.3 Å². The van der Waals surface area contributed by atoms with Crippen molar-refractivity contribution in [1.82, 2.24) is 0 Å². The van der Waals surface area contributed by atoms with Crippen LogP contribution in [0.25, 0.3) is 0 Å². The summed E-state index contributed by atoms with van der Waals surface area (Å²) < 4.78 is 10.1. The molecule has 0 saturated carbocycles. The number of ether oxygens (including phenoxy) is 2. The number of esters is 1. The number of carbonyl (C=O) groups excluding carboxylic acids is 1. The number of methoxy groups -OCH3 is 1. The molecule has 0 aliphatic carbocycles. The van der Waals surface area contributed by atoms with Crippen LogP contribution in [0.1, 0.15) is 20.3 Å². The molecule has 0 amide bonds. The van der Waals surface area contributed by atoms with Crippen LogP contribution in [0.15, 0.2) is 11.6 Å². The van der Waals surface area contributed by atoms with Gasteiger partial charge in [0, 0.05) is 25.2 Å². The molecule has 0 saturated heterocycles. The topological polar surface area (TPSA) is 35.5 Å². The lowest BCUT2D eigenvalue weighted by Gasteiger charge is -2.26. The molecule has 0 bridgehead atoms. The van der Waals surface area contributed by atoms with E-state index in [1.165, 1.54) is 6.08 Å². The van der Waals surface area contributed by atoms with E-state index in [9.17, 15) is 4.79 Å². The Hall–Kier alpha value is -0.830. The predicted octanol–water partition coefficient (Wildman–Crippen LogP) is 1.24. The molecule has 0 fully saturated rings. The van der Waals surface area contributed by atoms with Gasteiger partial charge in [-0.25, -0.2) is 4.79 Å². The van der Waals surface area contributed by atoms with E-state index in [4.69, 9.17) is 9.47 Å². The van der Waals surface area contributed by atoms with E-state index in [2.05, 4.69) is 0 Å². The van der Waals surface area contributed by atoms with Crippen molar-refractivity contribution in [2.75, 3.05) is 7.11 Å². The molecule has 1 heterocycles. The smallest absolute Gasteiger partial charge is 0.333 e. The molecule has 1 aliphatic rings. The van der Waals surface area contributed by atoms with Crippen molar-refractivity contribution in [3.8, 4) is 0 Å². The number of hydrogen-bond donors (Lipinski definition) is 0. The first-order valence-corrected chi connectivity index (χ1v) is 3.61. The van der Waals surface area contributed by atoms with Crippen molar-refractivity contribution in [1.29, 1.82) is 0 Å². The summed E-state index contributed by atoms with van der Waals surface area (Å²) in [6, 6.07) is 0. The first-order chi connectivity index (χ1) is 5.14. The van der Waals surface area contributed by atoms with Crippen LogP contribution in [0.2, 0.25) is 0 Å². The van der Waals surface area contributed by atoms with E-state index >= 15 is 0 Å². The zero-order valence-corrected chi connectivity index (χ0v) is 7.01. The van der Waals surface area contributed by atoms with Crippen molar-refractivity contribution in [2.24, 2.45) is 0 Å². The van der Waals surface area contributed by atoms with E-state index in [1.54, 1.807) is 7.11 Å². The molecular formula is C8H12O3. The third-order valence-electron chi connectivity index (χ3n) is 2.00. The fraction of sp³-hybridized carbons (Fsp3) is 0.625. The molecule has 3 nitrogen and oxygen atoms in total. The van der Waals surface area contributed by atoms with Gasteiger partial charge in [0.15, 0.2) is 0 Å². The van der Waals surface area contributed by atoms with Crippen molar-refractivity contribution < 1.29 is 14.3 Å². The minimum atomic E-state index is -0.781. The molecule has 0 spiro atoms. The molecule has 0 aromatic heterocycles. The fourth-order valence-electron chi connectivity index (χ4n) is 1.26. The summed E-state index contributed by atoms with van der Waals surface area (Å²) in [5.74, 6) is -1.09. The van der Waals surface area contributed by atoms with Crippen molar-refractivity contribution in [3.05, 3.63) is 11.6 Å². The van der Waals surface area contributed by atoms with Gasteiger partial charge in [-0.1, -0.05) is 6.92 Å². The quantitative estimate of drug-likeness (QED) is 0.564. The van der Waals surface area contributed by atoms with Crippen LogP contribution < -0.4 is 0 Å². The molecule has 1 unspecified atom stereocenters. The first kappa shape index (κ1) is 8.27. The van der Waals surface area contributed by atoms with Crippen LogP contribution in [0.4, 0.5) is 0 Å². The Morgan fingerprint density at radius 2 is 2.36 bits per heavy atom. The summed E-state index contributed by atoms with van der Waals surface area (Å²) >= 11 is 0. The van der Waals surface area contributed by atoms with Gasteiger partial charge < -0.3 is 9.47 Å². The Labute approximate surface area is 66.0 Å². The van der Waals surface area contributed by atoms with E-state index in [0.717, 1.165) is 5.57 Å². The van der Waals surface area contributed by atoms with Gasteiger partial charge >= 0.3 is 5.97 Å². The van der Waals surface area contributed by atoms with Crippen LogP contribution in [0.5, 0.6) is 0 Å². The Morgan fingerprint density at radius 1 is 1.73 bits per heavy atom. The molecule has 11 heavy (non-hydrogen) atoms. The minimum absolute atomic E-state index is 0.314. The third-order valence-corrected chi connectivity index (χ3v) is 2.00. The highest BCUT2D eigenvalue weighted by Crippen LogP contribution is 2.31. The third kappa shape index (κ3) is 1.16. The minimum Gasteiger partial charge on any atom is -0.426 e. The van der Waals surface area contributed by atoms with Crippen LogP contribution >= 0.6 is 0 Å². The maximum absolute atomic E-state index is 10.8. The first-order valence-electron chi connectivity index (χ1n) is 3.61. The highest BCUT2D eigenvalue weighted by molar-refractivity contribution is 5.86. The highest BCUT2D eigenvalue weighted by Gasteiger charge is 2.39. The summed E-state index contributed by atoms with van der Waals surface area (Å²) in [6.07, 6.45) is 2.12. The Kier molecular flexibility index (Phi) is 2.00. The summed E-state index contributed by atoms with van der Waals surface area (Å²) in [5.41, 5.74) is 0.840. The van der Waals surface area contributed by atoms with E-state index in [0.29, 0.717) is 6.42 Å². The average molecular weight is 156 g/mol. The average Bonchev–Trinajstić information content (AvgIpc) is 2.27. The zero-order chi connectivity index (χ0) is 8.48. The lowest BCUT2D eigenvalue weighted by atomic mass is 10.1. The van der Waals surface area contributed by atoms with Gasteiger partial charge in [-0.05, 0) is 6.92 Å². The van der Waals surface area contributed by atoms with Crippen molar-refractivity contribution >= 4 is 5.97 Å². The second kappa shape index (κ2) is 2.66. The molecular weight excluding hydrogens is 144 g/mol. The van der Waals surface area contributed by atoms with Crippen molar-refractivity contribution in [2.45, 2.75) is 26.1 Å². The predicted molar refractivity (Wildman–Crippen MR) is 39.9 cm³/mol. The SMILES string of the molecule is CCC1(OC)OC(=O)C=C1C. The molecule has 0 N–H and O–H groups in total. The van der Waals surface area contributed by atoms with E-state index < -0.39 is 5.79 Å². The summed E-state index contributed by atoms with van der Waals surface area (Å²) in [4.78, 5) is 10.8. The molecule has 62 valence electrons. The van der Waals surface area contributed by atoms with Crippen LogP contribution in [-0.4, -0.2) is 18.9 Å². The lowest BCUT2D eigenvalue weighted by molar-refractivity contribution is -0.192. The number of carbonyl (C=O) groups is 1. The Morgan fingerprint density at radius 3 is 2.55 bits per heavy atom. The van der Waals surface area contributed by atoms with Gasteiger partial charge in [0.05, 0.1) is 0 Å². The number of rotatable bonds is 2. The lowest BCUT2D eigenvalue weighted by Crippen LogP contribution is -2.32. The van der Waals surface area contributed by atoms with Crippen molar-refractivity contribution in [3.63, 3.8) is 0 Å². The van der Waals surface area contributed by atoms with Crippen LogP contribution in [0, 0.1) is 0 Å². The van der Waals surface area contributed by atoms with Gasteiger partial charge in [-0.3, -0.25) is 0 Å². The van der Waals surface area contributed by atoms with Gasteiger partial charge in [0.1, 0.15) is 0 Å². The summed E-state index contributed by atoms with van der Waals surface area (Å²) in [5, 5.41) is 0. The van der Waals surface area contributed by atoms with E-state index in [-0.39, 0.29) is 5.97 Å². The molecule has 0 radical (unpaired) electrons. The highest BCUT2D eigenvalue weighted by atomic mass is 16.7. The van der Waals surface area contributed by atoms with Gasteiger partial charge in [0.25, 0.3) is 0 Å². The van der Waals surface area contributed by atoms with E-state index in [1.807, 2.05) is 13.8 Å². The molecule has 0 aromatic carbocycles. The largest absolute Gasteiger partial charge is 0.426 e. The monoisotopic (exact) mass is 156 g/mol. The molecule has 1 rings (SSSR count). The molecule has 3 heteroatoms. The summed E-state index contributed by atoms with van der Waals surface area (Å²) in [6.45, 7) is 3.75. The number of cyclic esters (lactones) is 1. The summed E-state index contributed by atoms with van der Waals surface area (Å²) in [7, 11) is 1.54. The molecule has 0 aromatic rings. The maximum atomic E-state index is 10.8. The fourth-order valence-corrected chi connectivity index (χ4v) is 1.26. The second-order valence-corrected chi connectivity index (χ2v) is 2.56. The van der Waals surface area contributed by atoms with Gasteiger partial charge in [-0.2, -0.15) is 0 Å². The number of hydrogen-bond acceptors (Lipinski definition) is 3. The van der Waals surface area contributed by atoms with Crippen LogP contribution in [0.3, 0.4) is 0 Å². The maximum Gasteiger partial charge on any atom is 0.333 e. The van der Waals surface area contributed by atoms with Gasteiger partial charge in [-0.15, -0.1) is 0 Å².